The molecule has 0 atom stereocenters. The van der Waals surface area contributed by atoms with Crippen molar-refractivity contribution in [1.29, 1.82) is 0 Å². The Morgan fingerprint density at radius 3 is 2.52 bits per heavy atom. The number of hydrogen-bond acceptors (Lipinski definition) is 4. The summed E-state index contributed by atoms with van der Waals surface area (Å²) < 4.78 is 11.8. The van der Waals surface area contributed by atoms with Crippen molar-refractivity contribution in [2.45, 2.75) is 26.3 Å². The third-order valence-corrected chi connectivity index (χ3v) is 3.20. The van der Waals surface area contributed by atoms with Gasteiger partial charge in [0.2, 0.25) is 5.88 Å². The lowest BCUT2D eigenvalue weighted by Gasteiger charge is -2.21. The molecular weight excluding hydrogens is 332 g/mol. The fourth-order valence-electron chi connectivity index (χ4n) is 1.73. The molecule has 2 rings (SSSR count). The van der Waals surface area contributed by atoms with Crippen LogP contribution in [-0.2, 0) is 0 Å². The van der Waals surface area contributed by atoms with Gasteiger partial charge in [-0.2, -0.15) is 4.98 Å². The molecule has 0 radical (unpaired) electrons. The van der Waals surface area contributed by atoms with E-state index < -0.39 is 0 Å². The highest BCUT2D eigenvalue weighted by atomic mass is 79.9. The smallest absolute Gasteiger partial charge is 0.221 e. The van der Waals surface area contributed by atoms with E-state index in [1.807, 2.05) is 36.4 Å². The van der Waals surface area contributed by atoms with Gasteiger partial charge in [0, 0.05) is 11.6 Å². The minimum absolute atomic E-state index is 0.0493. The molecule has 0 bridgehead atoms. The Bertz CT molecular complexity index is 624. The summed E-state index contributed by atoms with van der Waals surface area (Å²) in [6.45, 7) is 6.26. The molecule has 0 saturated heterocycles. The molecule has 0 spiro atoms. The van der Waals surface area contributed by atoms with Crippen LogP contribution in [0.1, 0.15) is 20.8 Å². The van der Waals surface area contributed by atoms with Gasteiger partial charge in [-0.3, -0.25) is 0 Å². The van der Waals surface area contributed by atoms with Crippen LogP contribution < -0.4 is 14.8 Å². The fraction of sp³-hybridized carbons (Fsp3) is 0.312. The number of nitrogens with one attached hydrogen (secondary N) is 1. The molecule has 1 N–H and O–H groups in total. The molecule has 112 valence electrons. The van der Waals surface area contributed by atoms with Crippen molar-refractivity contribution >= 4 is 21.7 Å². The lowest BCUT2D eigenvalue weighted by atomic mass is 10.1. The second-order valence-electron chi connectivity index (χ2n) is 5.63. The Morgan fingerprint density at radius 2 is 1.90 bits per heavy atom. The van der Waals surface area contributed by atoms with Gasteiger partial charge in [-0.05, 0) is 61.0 Å². The van der Waals surface area contributed by atoms with Crippen LogP contribution >= 0.6 is 15.9 Å². The van der Waals surface area contributed by atoms with Gasteiger partial charge in [0.1, 0.15) is 17.3 Å². The largest absolute Gasteiger partial charge is 0.497 e. The van der Waals surface area contributed by atoms with E-state index in [0.717, 1.165) is 16.0 Å². The number of nitrogens with zero attached hydrogens (tertiary/aromatic N) is 1. The molecular formula is C16H19BrN2O2. The molecule has 1 aromatic heterocycles. The summed E-state index contributed by atoms with van der Waals surface area (Å²) in [6.07, 6.45) is 0. The Morgan fingerprint density at radius 1 is 1.14 bits per heavy atom. The Balaban J connectivity index is 2.18. The number of methoxy groups -OCH3 is 1. The van der Waals surface area contributed by atoms with E-state index in [-0.39, 0.29) is 5.54 Å². The van der Waals surface area contributed by atoms with Crippen LogP contribution in [0.15, 0.2) is 40.9 Å². The second-order valence-corrected chi connectivity index (χ2v) is 6.49. The summed E-state index contributed by atoms with van der Waals surface area (Å²) in [5.74, 6) is 2.78. The van der Waals surface area contributed by atoms with E-state index in [0.29, 0.717) is 11.6 Å². The lowest BCUT2D eigenvalue weighted by molar-refractivity contribution is 0.411. The van der Waals surface area contributed by atoms with Crippen molar-refractivity contribution in [3.8, 4) is 17.4 Å². The molecule has 0 aliphatic heterocycles. The first-order valence-corrected chi connectivity index (χ1v) is 7.43. The predicted molar refractivity (Wildman–Crippen MR) is 88.4 cm³/mol. The van der Waals surface area contributed by atoms with Gasteiger partial charge in [-0.15, -0.1) is 0 Å². The number of pyridine rings is 1. The average Bonchev–Trinajstić information content (AvgIpc) is 2.39. The Hall–Kier alpha value is -1.75. The standard InChI is InChI=1S/C16H19BrN2O2/c1-16(2,3)19-14-6-5-7-15(18-14)21-13-9-8-11(20-4)10-12(13)17/h5-10H,1-4H3,(H,18,19). The minimum atomic E-state index is -0.0493. The van der Waals surface area contributed by atoms with Crippen LogP contribution in [-0.4, -0.2) is 17.6 Å². The quantitative estimate of drug-likeness (QED) is 0.855. The highest BCUT2D eigenvalue weighted by Gasteiger charge is 2.11. The maximum absolute atomic E-state index is 5.81. The molecule has 1 aromatic carbocycles. The molecule has 0 aliphatic rings. The summed E-state index contributed by atoms with van der Waals surface area (Å²) in [5, 5.41) is 3.32. The fourth-order valence-corrected chi connectivity index (χ4v) is 2.17. The highest BCUT2D eigenvalue weighted by Crippen LogP contribution is 2.32. The molecule has 2 aromatic rings. The first kappa shape index (κ1) is 15.6. The summed E-state index contributed by atoms with van der Waals surface area (Å²) in [5.41, 5.74) is -0.0493. The second kappa shape index (κ2) is 6.35. The van der Waals surface area contributed by atoms with E-state index in [4.69, 9.17) is 9.47 Å². The van der Waals surface area contributed by atoms with Crippen molar-refractivity contribution in [2.75, 3.05) is 12.4 Å². The first-order valence-electron chi connectivity index (χ1n) is 6.64. The molecule has 0 amide bonds. The Kier molecular flexibility index (Phi) is 4.73. The third kappa shape index (κ3) is 4.63. The number of ether oxygens (including phenoxy) is 2. The topological polar surface area (TPSA) is 43.4 Å². The van der Waals surface area contributed by atoms with Gasteiger partial charge in [-0.1, -0.05) is 6.07 Å². The highest BCUT2D eigenvalue weighted by molar-refractivity contribution is 9.10. The van der Waals surface area contributed by atoms with E-state index in [2.05, 4.69) is 47.0 Å². The minimum Gasteiger partial charge on any atom is -0.497 e. The summed E-state index contributed by atoms with van der Waals surface area (Å²) in [6, 6.07) is 11.2. The monoisotopic (exact) mass is 350 g/mol. The zero-order valence-corrected chi connectivity index (χ0v) is 14.2. The van der Waals surface area contributed by atoms with Crippen LogP contribution in [0.5, 0.6) is 17.4 Å². The first-order chi connectivity index (χ1) is 9.87. The predicted octanol–water partition coefficient (Wildman–Crippen LogP) is 4.86. The summed E-state index contributed by atoms with van der Waals surface area (Å²) in [7, 11) is 1.63. The molecule has 0 aliphatic carbocycles. The third-order valence-electron chi connectivity index (χ3n) is 2.58. The van der Waals surface area contributed by atoms with Crippen molar-refractivity contribution in [2.24, 2.45) is 0 Å². The Labute approximate surface area is 133 Å². The van der Waals surface area contributed by atoms with Crippen molar-refractivity contribution in [1.82, 2.24) is 4.98 Å². The average molecular weight is 351 g/mol. The lowest BCUT2D eigenvalue weighted by Crippen LogP contribution is -2.26. The molecule has 4 nitrogen and oxygen atoms in total. The molecule has 0 fully saturated rings. The van der Waals surface area contributed by atoms with Crippen LogP contribution in [0.4, 0.5) is 5.82 Å². The van der Waals surface area contributed by atoms with Gasteiger partial charge in [0.05, 0.1) is 11.6 Å². The number of aromatic nitrogens is 1. The van der Waals surface area contributed by atoms with Crippen molar-refractivity contribution < 1.29 is 9.47 Å². The van der Waals surface area contributed by atoms with Gasteiger partial charge in [-0.25, -0.2) is 0 Å². The van der Waals surface area contributed by atoms with E-state index in [9.17, 15) is 0 Å². The maximum atomic E-state index is 5.81. The van der Waals surface area contributed by atoms with Crippen molar-refractivity contribution in [3.05, 3.63) is 40.9 Å². The van der Waals surface area contributed by atoms with Gasteiger partial charge in [0.15, 0.2) is 0 Å². The molecule has 0 unspecified atom stereocenters. The van der Waals surface area contributed by atoms with Gasteiger partial charge < -0.3 is 14.8 Å². The maximum Gasteiger partial charge on any atom is 0.221 e. The number of halogens is 1. The molecule has 21 heavy (non-hydrogen) atoms. The number of hydrogen-bond donors (Lipinski definition) is 1. The van der Waals surface area contributed by atoms with Crippen molar-refractivity contribution in [3.63, 3.8) is 0 Å². The number of anilines is 1. The van der Waals surface area contributed by atoms with Crippen LogP contribution in [0.3, 0.4) is 0 Å². The zero-order chi connectivity index (χ0) is 15.5. The van der Waals surface area contributed by atoms with Gasteiger partial charge in [0.25, 0.3) is 0 Å². The van der Waals surface area contributed by atoms with E-state index >= 15 is 0 Å². The summed E-state index contributed by atoms with van der Waals surface area (Å²) in [4.78, 5) is 4.45. The summed E-state index contributed by atoms with van der Waals surface area (Å²) >= 11 is 3.46. The zero-order valence-electron chi connectivity index (χ0n) is 12.6. The molecule has 1 heterocycles. The number of rotatable bonds is 4. The normalized spacial score (nSPS) is 11.1. The van der Waals surface area contributed by atoms with E-state index in [1.54, 1.807) is 7.11 Å². The van der Waals surface area contributed by atoms with Crippen LogP contribution in [0, 0.1) is 0 Å². The van der Waals surface area contributed by atoms with Gasteiger partial charge >= 0.3 is 0 Å². The SMILES string of the molecule is COc1ccc(Oc2cccc(NC(C)(C)C)n2)c(Br)c1. The van der Waals surface area contributed by atoms with Crippen LogP contribution in [0.25, 0.3) is 0 Å². The molecule has 5 heteroatoms. The van der Waals surface area contributed by atoms with Crippen LogP contribution in [0.2, 0.25) is 0 Å². The number of benzene rings is 1. The molecule has 0 saturated carbocycles. The van der Waals surface area contributed by atoms with E-state index in [1.165, 1.54) is 0 Å².